The number of halogens is 4. The summed E-state index contributed by atoms with van der Waals surface area (Å²) in [5.41, 5.74) is 5.29. The molecule has 0 aromatic rings. The summed E-state index contributed by atoms with van der Waals surface area (Å²) in [4.78, 5) is 0. The third-order valence-electron chi connectivity index (χ3n) is 1.90. The van der Waals surface area contributed by atoms with Crippen LogP contribution in [0.3, 0.4) is 0 Å². The lowest BCUT2D eigenvalue weighted by molar-refractivity contribution is -0.179. The summed E-state index contributed by atoms with van der Waals surface area (Å²) in [6.07, 6.45) is -0.520. The molecule has 0 fully saturated rings. The van der Waals surface area contributed by atoms with Crippen molar-refractivity contribution in [1.29, 1.82) is 0 Å². The van der Waals surface area contributed by atoms with Gasteiger partial charge in [0.05, 0.1) is 5.92 Å². The van der Waals surface area contributed by atoms with E-state index < -0.39 is 18.1 Å². The van der Waals surface area contributed by atoms with Gasteiger partial charge in [-0.1, -0.05) is 12.2 Å². The van der Waals surface area contributed by atoms with E-state index in [1.54, 1.807) is 12.2 Å². The van der Waals surface area contributed by atoms with Gasteiger partial charge in [0.2, 0.25) is 0 Å². The van der Waals surface area contributed by atoms with Gasteiger partial charge in [0.25, 0.3) is 0 Å². The van der Waals surface area contributed by atoms with Gasteiger partial charge >= 0.3 is 6.18 Å². The van der Waals surface area contributed by atoms with Crippen molar-refractivity contribution < 1.29 is 13.2 Å². The molecule has 0 saturated heterocycles. The molecule has 1 rings (SSSR count). The Morgan fingerprint density at radius 3 is 2.00 bits per heavy atom. The Morgan fingerprint density at radius 1 is 1.17 bits per heavy atom. The monoisotopic (exact) mass is 201 g/mol. The van der Waals surface area contributed by atoms with Crippen LogP contribution >= 0.6 is 12.4 Å². The van der Waals surface area contributed by atoms with Crippen molar-refractivity contribution in [3.05, 3.63) is 12.2 Å². The highest BCUT2D eigenvalue weighted by atomic mass is 35.5. The van der Waals surface area contributed by atoms with Gasteiger partial charge in [-0.15, -0.1) is 12.4 Å². The normalized spacial score (nSPS) is 29.7. The zero-order valence-corrected chi connectivity index (χ0v) is 7.16. The Bertz CT molecular complexity index is 167. The molecule has 0 aliphatic heterocycles. The van der Waals surface area contributed by atoms with Gasteiger partial charge in [0.1, 0.15) is 0 Å². The summed E-state index contributed by atoms with van der Waals surface area (Å²) in [5, 5.41) is 0. The van der Waals surface area contributed by atoms with Gasteiger partial charge in [-0.05, 0) is 12.8 Å². The molecule has 72 valence electrons. The van der Waals surface area contributed by atoms with Crippen LogP contribution in [-0.4, -0.2) is 12.2 Å². The Hall–Kier alpha value is -0.220. The summed E-state index contributed by atoms with van der Waals surface area (Å²) in [7, 11) is 0. The second-order valence-electron chi connectivity index (χ2n) is 2.75. The first-order chi connectivity index (χ1) is 5.02. The fourth-order valence-corrected chi connectivity index (χ4v) is 1.21. The van der Waals surface area contributed by atoms with Crippen molar-refractivity contribution in [3.8, 4) is 0 Å². The van der Waals surface area contributed by atoms with E-state index in [2.05, 4.69) is 0 Å². The van der Waals surface area contributed by atoms with Crippen LogP contribution in [0.25, 0.3) is 0 Å². The highest BCUT2D eigenvalue weighted by Gasteiger charge is 2.42. The molecule has 0 heterocycles. The van der Waals surface area contributed by atoms with Gasteiger partial charge in [0.15, 0.2) is 0 Å². The maximum Gasteiger partial charge on any atom is 0.393 e. The molecule has 0 amide bonds. The Labute approximate surface area is 75.2 Å². The van der Waals surface area contributed by atoms with Gasteiger partial charge in [-0.3, -0.25) is 0 Å². The van der Waals surface area contributed by atoms with Crippen molar-refractivity contribution in [3.63, 3.8) is 0 Å². The highest BCUT2D eigenvalue weighted by Crippen LogP contribution is 2.34. The van der Waals surface area contributed by atoms with E-state index in [4.69, 9.17) is 5.73 Å². The number of hydrogen-bond acceptors (Lipinski definition) is 1. The second kappa shape index (κ2) is 4.14. The third kappa shape index (κ3) is 2.68. The maximum atomic E-state index is 12.1. The average molecular weight is 202 g/mol. The van der Waals surface area contributed by atoms with Gasteiger partial charge in [-0.2, -0.15) is 13.2 Å². The average Bonchev–Trinajstić information content (AvgIpc) is 1.86. The van der Waals surface area contributed by atoms with Crippen molar-refractivity contribution in [2.75, 3.05) is 0 Å². The van der Waals surface area contributed by atoms with Crippen LogP contribution in [0.1, 0.15) is 12.8 Å². The van der Waals surface area contributed by atoms with E-state index in [9.17, 15) is 13.2 Å². The Balaban J connectivity index is 0.00000121. The minimum Gasteiger partial charge on any atom is -0.327 e. The van der Waals surface area contributed by atoms with E-state index >= 15 is 0 Å². The van der Waals surface area contributed by atoms with Crippen LogP contribution in [0.4, 0.5) is 13.2 Å². The molecule has 0 unspecified atom stereocenters. The molecule has 5 heteroatoms. The van der Waals surface area contributed by atoms with E-state index in [1.807, 2.05) is 0 Å². The largest absolute Gasteiger partial charge is 0.393 e. The second-order valence-corrected chi connectivity index (χ2v) is 2.75. The molecule has 0 aromatic heterocycles. The summed E-state index contributed by atoms with van der Waals surface area (Å²) in [5.74, 6) is -1.34. The van der Waals surface area contributed by atoms with Crippen molar-refractivity contribution in [1.82, 2.24) is 0 Å². The maximum absolute atomic E-state index is 12.1. The van der Waals surface area contributed by atoms with E-state index in [-0.39, 0.29) is 18.8 Å². The summed E-state index contributed by atoms with van der Waals surface area (Å²) in [6, 6.07) is -0.750. The predicted octanol–water partition coefficient (Wildman–Crippen LogP) is 2.26. The third-order valence-corrected chi connectivity index (χ3v) is 1.90. The minimum absolute atomic E-state index is 0. The van der Waals surface area contributed by atoms with Crippen molar-refractivity contribution >= 4 is 12.4 Å². The molecular formula is C7H11ClF3N. The molecule has 0 aromatic carbocycles. The lowest BCUT2D eigenvalue weighted by atomic mass is 9.89. The van der Waals surface area contributed by atoms with Crippen LogP contribution < -0.4 is 5.73 Å². The number of rotatable bonds is 0. The SMILES string of the molecule is Cl.N[C@@H]1CC=CC[C@H]1C(F)(F)F. The van der Waals surface area contributed by atoms with Gasteiger partial charge in [-0.25, -0.2) is 0 Å². The fraction of sp³-hybridized carbons (Fsp3) is 0.714. The zero-order chi connectivity index (χ0) is 8.48. The first kappa shape index (κ1) is 11.8. The number of allylic oxidation sites excluding steroid dienone is 1. The fourth-order valence-electron chi connectivity index (χ4n) is 1.21. The van der Waals surface area contributed by atoms with Crippen LogP contribution in [0, 0.1) is 5.92 Å². The highest BCUT2D eigenvalue weighted by molar-refractivity contribution is 5.85. The molecule has 2 atom stereocenters. The van der Waals surface area contributed by atoms with Crippen LogP contribution in [0.5, 0.6) is 0 Å². The standard InChI is InChI=1S/C7H10F3N.ClH/c8-7(9,10)5-3-1-2-4-6(5)11;/h1-2,5-6H,3-4,11H2;1H/t5-,6-;/m1./s1. The van der Waals surface area contributed by atoms with Gasteiger partial charge in [0, 0.05) is 6.04 Å². The van der Waals surface area contributed by atoms with Crippen LogP contribution in [0.2, 0.25) is 0 Å². The Kier molecular flexibility index (Phi) is 4.06. The lowest BCUT2D eigenvalue weighted by Crippen LogP contribution is -2.40. The molecule has 0 radical (unpaired) electrons. The molecular weight excluding hydrogens is 191 g/mol. The van der Waals surface area contributed by atoms with Crippen molar-refractivity contribution in [2.45, 2.75) is 25.1 Å². The summed E-state index contributed by atoms with van der Waals surface area (Å²) >= 11 is 0. The molecule has 0 saturated carbocycles. The van der Waals surface area contributed by atoms with E-state index in [0.29, 0.717) is 6.42 Å². The minimum atomic E-state index is -4.13. The molecule has 2 N–H and O–H groups in total. The first-order valence-corrected chi connectivity index (χ1v) is 3.49. The van der Waals surface area contributed by atoms with E-state index in [0.717, 1.165) is 0 Å². The number of nitrogens with two attached hydrogens (primary N) is 1. The quantitative estimate of drug-likeness (QED) is 0.598. The number of alkyl halides is 3. The molecule has 12 heavy (non-hydrogen) atoms. The summed E-state index contributed by atoms with van der Waals surface area (Å²) < 4.78 is 36.2. The summed E-state index contributed by atoms with van der Waals surface area (Å²) in [6.45, 7) is 0. The van der Waals surface area contributed by atoms with Gasteiger partial charge < -0.3 is 5.73 Å². The smallest absolute Gasteiger partial charge is 0.327 e. The Morgan fingerprint density at radius 2 is 1.67 bits per heavy atom. The predicted molar refractivity (Wildman–Crippen MR) is 43.1 cm³/mol. The molecule has 1 aliphatic carbocycles. The lowest BCUT2D eigenvalue weighted by Gasteiger charge is -2.26. The number of hydrogen-bond donors (Lipinski definition) is 1. The zero-order valence-electron chi connectivity index (χ0n) is 6.34. The molecule has 1 nitrogen and oxygen atoms in total. The van der Waals surface area contributed by atoms with Crippen LogP contribution in [-0.2, 0) is 0 Å². The molecule has 0 spiro atoms. The first-order valence-electron chi connectivity index (χ1n) is 3.49. The molecule has 0 bridgehead atoms. The topological polar surface area (TPSA) is 26.0 Å². The van der Waals surface area contributed by atoms with E-state index in [1.165, 1.54) is 0 Å². The van der Waals surface area contributed by atoms with Crippen molar-refractivity contribution in [2.24, 2.45) is 11.7 Å². The van der Waals surface area contributed by atoms with Crippen LogP contribution in [0.15, 0.2) is 12.2 Å². The molecule has 1 aliphatic rings.